The molecule has 2 heterocycles. The second-order valence-electron chi connectivity index (χ2n) is 7.61. The van der Waals surface area contributed by atoms with Gasteiger partial charge in [0, 0.05) is 18.0 Å². The van der Waals surface area contributed by atoms with Crippen LogP contribution in [0.2, 0.25) is 5.02 Å². The number of aryl methyl sites for hydroxylation is 1. The van der Waals surface area contributed by atoms with Crippen LogP contribution in [0.15, 0.2) is 65.8 Å². The fraction of sp³-hybridized carbons (Fsp3) is 0.250. The van der Waals surface area contributed by atoms with E-state index in [9.17, 15) is 9.59 Å². The lowest BCUT2D eigenvalue weighted by Gasteiger charge is -2.08. The molecule has 0 fully saturated rings. The molecule has 0 aliphatic carbocycles. The van der Waals surface area contributed by atoms with Gasteiger partial charge in [0.1, 0.15) is 17.5 Å². The zero-order valence-electron chi connectivity index (χ0n) is 18.2. The van der Waals surface area contributed by atoms with Crippen LogP contribution in [0.1, 0.15) is 17.5 Å². The molecule has 0 aliphatic heterocycles. The Morgan fingerprint density at radius 3 is 2.73 bits per heavy atom. The number of ether oxygens (including phenoxy) is 1. The first-order valence-corrected chi connectivity index (χ1v) is 11.0. The summed E-state index contributed by atoms with van der Waals surface area (Å²) < 4.78 is 8.30. The molecule has 2 aromatic heterocycles. The summed E-state index contributed by atoms with van der Waals surface area (Å²) in [6.07, 6.45) is 4.06. The highest BCUT2D eigenvalue weighted by Gasteiger charge is 2.11. The van der Waals surface area contributed by atoms with Crippen molar-refractivity contribution in [1.82, 2.24) is 24.6 Å². The van der Waals surface area contributed by atoms with Crippen molar-refractivity contribution in [3.05, 3.63) is 87.6 Å². The molecule has 0 atom stereocenters. The Hall–Kier alpha value is -3.65. The number of nitrogens with zero attached hydrogens (tertiary/aromatic N) is 4. The smallest absolute Gasteiger partial charge is 0.264 e. The molecule has 0 bridgehead atoms. The van der Waals surface area contributed by atoms with Gasteiger partial charge in [0.2, 0.25) is 5.91 Å². The van der Waals surface area contributed by atoms with E-state index in [0.29, 0.717) is 48.5 Å². The third-order valence-electron chi connectivity index (χ3n) is 5.31. The molecule has 170 valence electrons. The highest BCUT2D eigenvalue weighted by atomic mass is 35.5. The molecular formula is C24H24ClN5O3. The minimum atomic E-state index is -0.172. The number of amides is 1. The highest BCUT2D eigenvalue weighted by Crippen LogP contribution is 2.13. The number of halogens is 1. The Bertz CT molecular complexity index is 1310. The van der Waals surface area contributed by atoms with Gasteiger partial charge in [0.25, 0.3) is 5.56 Å². The molecule has 0 radical (unpaired) electrons. The maximum Gasteiger partial charge on any atom is 0.264 e. The zero-order valence-corrected chi connectivity index (χ0v) is 19.0. The Morgan fingerprint density at radius 2 is 1.97 bits per heavy atom. The molecule has 1 N–H and O–H groups in total. The highest BCUT2D eigenvalue weighted by molar-refractivity contribution is 6.30. The third-order valence-corrected chi connectivity index (χ3v) is 5.54. The van der Waals surface area contributed by atoms with Gasteiger partial charge in [-0.05, 0) is 41.8 Å². The zero-order chi connectivity index (χ0) is 23.2. The summed E-state index contributed by atoms with van der Waals surface area (Å²) >= 11 is 6.03. The van der Waals surface area contributed by atoms with E-state index in [-0.39, 0.29) is 11.5 Å². The van der Waals surface area contributed by atoms with Crippen LogP contribution < -0.4 is 15.6 Å². The molecule has 0 saturated carbocycles. The van der Waals surface area contributed by atoms with E-state index in [1.807, 2.05) is 42.5 Å². The Morgan fingerprint density at radius 1 is 1.15 bits per heavy atom. The molecule has 4 rings (SSSR count). The van der Waals surface area contributed by atoms with Gasteiger partial charge >= 0.3 is 0 Å². The number of hydrogen-bond donors (Lipinski definition) is 1. The van der Waals surface area contributed by atoms with Crippen molar-refractivity contribution in [3.8, 4) is 5.75 Å². The fourth-order valence-electron chi connectivity index (χ4n) is 3.55. The monoisotopic (exact) mass is 465 g/mol. The lowest BCUT2D eigenvalue weighted by atomic mass is 10.1. The number of benzene rings is 2. The van der Waals surface area contributed by atoms with Crippen LogP contribution in [0.4, 0.5) is 0 Å². The molecule has 0 spiro atoms. The summed E-state index contributed by atoms with van der Waals surface area (Å²) in [5.41, 5.74) is 2.31. The molecule has 8 nitrogen and oxygen atoms in total. The number of nitrogens with one attached hydrogen (secondary N) is 1. The molecule has 0 unspecified atom stereocenters. The van der Waals surface area contributed by atoms with E-state index >= 15 is 0 Å². The molecule has 2 aromatic carbocycles. The third kappa shape index (κ3) is 5.59. The summed E-state index contributed by atoms with van der Waals surface area (Å²) in [6.45, 7) is 1.19. The first-order valence-electron chi connectivity index (χ1n) is 10.6. The minimum Gasteiger partial charge on any atom is -0.497 e. The molecule has 0 saturated heterocycles. The van der Waals surface area contributed by atoms with Gasteiger partial charge in [-0.15, -0.1) is 0 Å². The predicted molar refractivity (Wildman–Crippen MR) is 127 cm³/mol. The van der Waals surface area contributed by atoms with Crippen LogP contribution in [0.3, 0.4) is 0 Å². The Labute approximate surface area is 195 Å². The minimum absolute atomic E-state index is 0.0425. The van der Waals surface area contributed by atoms with Gasteiger partial charge in [0.05, 0.1) is 26.4 Å². The second-order valence-corrected chi connectivity index (χ2v) is 8.05. The van der Waals surface area contributed by atoms with Crippen LogP contribution in [0.25, 0.3) is 11.0 Å². The van der Waals surface area contributed by atoms with Gasteiger partial charge in [-0.25, -0.2) is 9.67 Å². The Kier molecular flexibility index (Phi) is 7.04. The maximum absolute atomic E-state index is 12.8. The van der Waals surface area contributed by atoms with Crippen molar-refractivity contribution in [2.75, 3.05) is 13.7 Å². The van der Waals surface area contributed by atoms with Crippen molar-refractivity contribution in [2.45, 2.75) is 25.9 Å². The van der Waals surface area contributed by atoms with Gasteiger partial charge < -0.3 is 10.1 Å². The number of hydrogen-bond acceptors (Lipinski definition) is 5. The van der Waals surface area contributed by atoms with Crippen molar-refractivity contribution in [1.29, 1.82) is 0 Å². The molecule has 4 aromatic rings. The number of fused-ring (bicyclic) bond motifs is 1. The average Bonchev–Trinajstić information content (AvgIpc) is 3.23. The molecule has 33 heavy (non-hydrogen) atoms. The molecule has 0 aliphatic rings. The van der Waals surface area contributed by atoms with Gasteiger partial charge in [-0.1, -0.05) is 35.9 Å². The maximum atomic E-state index is 12.8. The van der Waals surface area contributed by atoms with Crippen LogP contribution in [-0.2, 0) is 24.3 Å². The topological polar surface area (TPSA) is 91.0 Å². The lowest BCUT2D eigenvalue weighted by Crippen LogP contribution is -2.28. The normalized spacial score (nSPS) is 11.0. The first kappa shape index (κ1) is 22.5. The number of methoxy groups -OCH3 is 1. The largest absolute Gasteiger partial charge is 0.497 e. The second kappa shape index (κ2) is 10.3. The van der Waals surface area contributed by atoms with Crippen molar-refractivity contribution < 1.29 is 9.53 Å². The van der Waals surface area contributed by atoms with E-state index in [0.717, 1.165) is 16.9 Å². The standard InChI is InChI=1S/C24H24ClN5O3/c1-33-20-8-5-17(6-9-20)7-10-22(31)26-11-12-30-23-21(14-28-30)24(32)29(16-27-23)15-18-3-2-4-19(25)13-18/h2-6,8-9,13-14,16H,7,10-12,15H2,1H3,(H,26,31). The average molecular weight is 466 g/mol. The lowest BCUT2D eigenvalue weighted by molar-refractivity contribution is -0.121. The molecule has 9 heteroatoms. The SMILES string of the molecule is COc1ccc(CCC(=O)NCCn2ncc3c(=O)n(Cc4cccc(Cl)c4)cnc32)cc1. The quantitative estimate of drug-likeness (QED) is 0.410. The number of aromatic nitrogens is 4. The van der Waals surface area contributed by atoms with E-state index in [1.54, 1.807) is 17.9 Å². The van der Waals surface area contributed by atoms with E-state index < -0.39 is 0 Å². The summed E-state index contributed by atoms with van der Waals surface area (Å²) in [7, 11) is 1.62. The molecular weight excluding hydrogens is 442 g/mol. The number of carbonyl (C=O) groups excluding carboxylic acids is 1. The van der Waals surface area contributed by atoms with Gasteiger partial charge in [0.15, 0.2) is 5.65 Å². The van der Waals surface area contributed by atoms with Crippen molar-refractivity contribution in [3.63, 3.8) is 0 Å². The van der Waals surface area contributed by atoms with Gasteiger partial charge in [-0.3, -0.25) is 14.2 Å². The number of carbonyl (C=O) groups is 1. The fourth-order valence-corrected chi connectivity index (χ4v) is 3.76. The van der Waals surface area contributed by atoms with E-state index in [2.05, 4.69) is 15.4 Å². The van der Waals surface area contributed by atoms with Gasteiger partial charge in [-0.2, -0.15) is 5.10 Å². The van der Waals surface area contributed by atoms with Crippen LogP contribution in [-0.4, -0.2) is 38.9 Å². The van der Waals surface area contributed by atoms with E-state index in [4.69, 9.17) is 16.3 Å². The summed E-state index contributed by atoms with van der Waals surface area (Å²) in [4.78, 5) is 29.4. The summed E-state index contributed by atoms with van der Waals surface area (Å²) in [5, 5.41) is 8.23. The van der Waals surface area contributed by atoms with Crippen LogP contribution >= 0.6 is 11.6 Å². The van der Waals surface area contributed by atoms with Crippen LogP contribution in [0, 0.1) is 0 Å². The Balaban J connectivity index is 1.32. The summed E-state index contributed by atoms with van der Waals surface area (Å²) in [6, 6.07) is 15.0. The summed E-state index contributed by atoms with van der Waals surface area (Å²) in [5.74, 6) is 0.749. The van der Waals surface area contributed by atoms with Crippen LogP contribution in [0.5, 0.6) is 5.75 Å². The van der Waals surface area contributed by atoms with Crippen molar-refractivity contribution >= 4 is 28.5 Å². The predicted octanol–water partition coefficient (Wildman–Crippen LogP) is 3.05. The molecule has 1 amide bonds. The first-order chi connectivity index (χ1) is 16.0. The van der Waals surface area contributed by atoms with Crippen molar-refractivity contribution in [2.24, 2.45) is 0 Å². The number of rotatable bonds is 9. The van der Waals surface area contributed by atoms with E-state index in [1.165, 1.54) is 17.1 Å².